The maximum absolute atomic E-state index is 9.65. The average molecular weight is 337 g/mol. The van der Waals surface area contributed by atoms with Crippen LogP contribution >= 0.6 is 15.9 Å². The van der Waals surface area contributed by atoms with Gasteiger partial charge in [0.25, 0.3) is 0 Å². The Morgan fingerprint density at radius 2 is 1.65 bits per heavy atom. The van der Waals surface area contributed by atoms with Crippen molar-refractivity contribution in [3.8, 4) is 11.5 Å². The Kier molecular flexibility index (Phi) is 5.44. The number of benzene rings is 2. The molecule has 4 heteroatoms. The van der Waals surface area contributed by atoms with E-state index in [1.54, 1.807) is 6.92 Å². The van der Waals surface area contributed by atoms with Crippen LogP contribution in [0.5, 0.6) is 11.5 Å². The van der Waals surface area contributed by atoms with E-state index in [0.717, 1.165) is 15.8 Å². The maximum atomic E-state index is 9.65. The predicted molar refractivity (Wildman–Crippen MR) is 82.2 cm³/mol. The van der Waals surface area contributed by atoms with Gasteiger partial charge in [-0.3, -0.25) is 0 Å². The van der Waals surface area contributed by atoms with Gasteiger partial charge in [-0.2, -0.15) is 0 Å². The van der Waals surface area contributed by atoms with Crippen LogP contribution in [-0.2, 0) is 0 Å². The largest absolute Gasteiger partial charge is 0.490 e. The summed E-state index contributed by atoms with van der Waals surface area (Å²) in [5, 5.41) is 9.65. The minimum atomic E-state index is -0.543. The van der Waals surface area contributed by atoms with E-state index in [2.05, 4.69) is 15.9 Å². The summed E-state index contributed by atoms with van der Waals surface area (Å²) in [6.07, 6.45) is -0.543. The molecule has 0 aromatic heterocycles. The molecule has 0 heterocycles. The Morgan fingerprint density at radius 3 is 2.35 bits per heavy atom. The van der Waals surface area contributed by atoms with Gasteiger partial charge in [0.1, 0.15) is 24.7 Å². The molecule has 0 saturated heterocycles. The second-order valence-electron chi connectivity index (χ2n) is 4.36. The van der Waals surface area contributed by atoms with Crippen molar-refractivity contribution in [2.24, 2.45) is 0 Å². The minimum absolute atomic E-state index is 0.430. The van der Waals surface area contributed by atoms with E-state index in [1.165, 1.54) is 0 Å². The first-order valence-electron chi connectivity index (χ1n) is 6.45. The third-order valence-corrected chi connectivity index (χ3v) is 3.32. The Bertz CT molecular complexity index is 538. The second-order valence-corrected chi connectivity index (χ2v) is 5.28. The number of ether oxygens (including phenoxy) is 2. The quantitative estimate of drug-likeness (QED) is 0.811. The molecule has 0 aliphatic heterocycles. The van der Waals surface area contributed by atoms with Crippen LogP contribution in [0.15, 0.2) is 53.0 Å². The van der Waals surface area contributed by atoms with E-state index in [1.807, 2.05) is 48.5 Å². The van der Waals surface area contributed by atoms with Gasteiger partial charge < -0.3 is 14.6 Å². The molecule has 2 rings (SSSR count). The lowest BCUT2D eigenvalue weighted by Gasteiger charge is -2.13. The first-order chi connectivity index (χ1) is 9.66. The zero-order valence-electron chi connectivity index (χ0n) is 11.3. The Labute approximate surface area is 127 Å². The van der Waals surface area contributed by atoms with E-state index in [-0.39, 0.29) is 0 Å². The number of aliphatic hydroxyl groups excluding tert-OH is 1. The van der Waals surface area contributed by atoms with E-state index in [0.29, 0.717) is 19.0 Å². The van der Waals surface area contributed by atoms with Gasteiger partial charge in [0.2, 0.25) is 0 Å². The first kappa shape index (κ1) is 14.9. The van der Waals surface area contributed by atoms with Crippen molar-refractivity contribution in [3.63, 3.8) is 0 Å². The van der Waals surface area contributed by atoms with Gasteiger partial charge in [0.15, 0.2) is 0 Å². The van der Waals surface area contributed by atoms with E-state index >= 15 is 0 Å². The number of para-hydroxylation sites is 1. The SMILES string of the molecule is C[C@H](O)c1ccccc1OCCOc1ccc(Br)cc1. The smallest absolute Gasteiger partial charge is 0.125 e. The maximum Gasteiger partial charge on any atom is 0.125 e. The van der Waals surface area contributed by atoms with Crippen LogP contribution in [0.2, 0.25) is 0 Å². The number of aliphatic hydroxyl groups is 1. The molecule has 2 aromatic rings. The fourth-order valence-corrected chi connectivity index (χ4v) is 2.06. The summed E-state index contributed by atoms with van der Waals surface area (Å²) in [4.78, 5) is 0. The van der Waals surface area contributed by atoms with Gasteiger partial charge in [-0.15, -0.1) is 0 Å². The summed E-state index contributed by atoms with van der Waals surface area (Å²) in [6.45, 7) is 2.61. The summed E-state index contributed by atoms with van der Waals surface area (Å²) < 4.78 is 12.2. The molecule has 0 bridgehead atoms. The fraction of sp³-hybridized carbons (Fsp3) is 0.250. The Hall–Kier alpha value is -1.52. The lowest BCUT2D eigenvalue weighted by Crippen LogP contribution is -2.10. The molecule has 0 spiro atoms. The van der Waals surface area contributed by atoms with Crippen LogP contribution in [0.1, 0.15) is 18.6 Å². The molecule has 0 saturated carbocycles. The molecule has 0 fully saturated rings. The normalized spacial score (nSPS) is 11.9. The average Bonchev–Trinajstić information content (AvgIpc) is 2.46. The molecule has 0 radical (unpaired) electrons. The Balaban J connectivity index is 1.83. The highest BCUT2D eigenvalue weighted by Crippen LogP contribution is 2.24. The van der Waals surface area contributed by atoms with Gasteiger partial charge in [-0.05, 0) is 37.3 Å². The number of hydrogen-bond acceptors (Lipinski definition) is 3. The van der Waals surface area contributed by atoms with Crippen LogP contribution in [0, 0.1) is 0 Å². The second kappa shape index (κ2) is 7.31. The molecule has 0 amide bonds. The third kappa shape index (κ3) is 4.25. The molecule has 1 N–H and O–H groups in total. The van der Waals surface area contributed by atoms with Crippen LogP contribution in [0.3, 0.4) is 0 Å². The van der Waals surface area contributed by atoms with Crippen LogP contribution in [0.4, 0.5) is 0 Å². The molecule has 0 unspecified atom stereocenters. The zero-order valence-corrected chi connectivity index (χ0v) is 12.8. The fourth-order valence-electron chi connectivity index (χ4n) is 1.80. The lowest BCUT2D eigenvalue weighted by atomic mass is 10.1. The highest BCUT2D eigenvalue weighted by atomic mass is 79.9. The van der Waals surface area contributed by atoms with Crippen molar-refractivity contribution < 1.29 is 14.6 Å². The van der Waals surface area contributed by atoms with Crippen molar-refractivity contribution in [1.82, 2.24) is 0 Å². The third-order valence-electron chi connectivity index (χ3n) is 2.79. The molecule has 0 aliphatic carbocycles. The molecule has 20 heavy (non-hydrogen) atoms. The van der Waals surface area contributed by atoms with Crippen molar-refractivity contribution in [1.29, 1.82) is 0 Å². The zero-order chi connectivity index (χ0) is 14.4. The van der Waals surface area contributed by atoms with Gasteiger partial charge in [-0.1, -0.05) is 34.1 Å². The molecular formula is C16H17BrO3. The van der Waals surface area contributed by atoms with Crippen LogP contribution in [-0.4, -0.2) is 18.3 Å². The molecular weight excluding hydrogens is 320 g/mol. The standard InChI is InChI=1S/C16H17BrO3/c1-12(18)15-4-2-3-5-16(15)20-11-10-19-14-8-6-13(17)7-9-14/h2-9,12,18H,10-11H2,1H3/t12-/m0/s1. The number of hydrogen-bond donors (Lipinski definition) is 1. The molecule has 2 aromatic carbocycles. The summed E-state index contributed by atoms with van der Waals surface area (Å²) in [6, 6.07) is 15.1. The summed E-state index contributed by atoms with van der Waals surface area (Å²) in [5.41, 5.74) is 0.788. The molecule has 1 atom stereocenters. The summed E-state index contributed by atoms with van der Waals surface area (Å²) >= 11 is 3.38. The van der Waals surface area contributed by atoms with E-state index in [4.69, 9.17) is 9.47 Å². The molecule has 3 nitrogen and oxygen atoms in total. The lowest BCUT2D eigenvalue weighted by molar-refractivity contribution is 0.182. The van der Waals surface area contributed by atoms with Crippen molar-refractivity contribution in [3.05, 3.63) is 58.6 Å². The van der Waals surface area contributed by atoms with Crippen LogP contribution < -0.4 is 9.47 Å². The molecule has 0 aliphatic rings. The van der Waals surface area contributed by atoms with Gasteiger partial charge in [0, 0.05) is 10.0 Å². The molecule has 106 valence electrons. The minimum Gasteiger partial charge on any atom is -0.490 e. The van der Waals surface area contributed by atoms with Crippen molar-refractivity contribution >= 4 is 15.9 Å². The summed E-state index contributed by atoms with van der Waals surface area (Å²) in [7, 11) is 0. The van der Waals surface area contributed by atoms with E-state index in [9.17, 15) is 5.11 Å². The van der Waals surface area contributed by atoms with Crippen LogP contribution in [0.25, 0.3) is 0 Å². The van der Waals surface area contributed by atoms with Gasteiger partial charge in [0.05, 0.1) is 6.10 Å². The number of rotatable bonds is 6. The van der Waals surface area contributed by atoms with Crippen molar-refractivity contribution in [2.45, 2.75) is 13.0 Å². The van der Waals surface area contributed by atoms with Gasteiger partial charge >= 0.3 is 0 Å². The Morgan fingerprint density at radius 1 is 1.00 bits per heavy atom. The summed E-state index contributed by atoms with van der Waals surface area (Å²) in [5.74, 6) is 1.50. The monoisotopic (exact) mass is 336 g/mol. The van der Waals surface area contributed by atoms with Crippen molar-refractivity contribution in [2.75, 3.05) is 13.2 Å². The van der Waals surface area contributed by atoms with Gasteiger partial charge in [-0.25, -0.2) is 0 Å². The number of halogens is 1. The topological polar surface area (TPSA) is 38.7 Å². The first-order valence-corrected chi connectivity index (χ1v) is 7.24. The highest BCUT2D eigenvalue weighted by Gasteiger charge is 2.07. The highest BCUT2D eigenvalue weighted by molar-refractivity contribution is 9.10. The van der Waals surface area contributed by atoms with E-state index < -0.39 is 6.10 Å². The predicted octanol–water partition coefficient (Wildman–Crippen LogP) is 3.96.